The molecule has 0 N–H and O–H groups in total. The molecule has 1 spiro atoms. The Balaban J connectivity index is 1.76. The van der Waals surface area contributed by atoms with Crippen molar-refractivity contribution in [2.75, 3.05) is 32.9 Å². The second-order valence-corrected chi connectivity index (χ2v) is 8.90. The van der Waals surface area contributed by atoms with Crippen LogP contribution in [0.3, 0.4) is 0 Å². The minimum absolute atomic E-state index is 0.136. The van der Waals surface area contributed by atoms with Gasteiger partial charge >= 0.3 is 0 Å². The monoisotopic (exact) mass is 350 g/mol. The van der Waals surface area contributed by atoms with Crippen LogP contribution in [-0.2, 0) is 14.6 Å². The van der Waals surface area contributed by atoms with Gasteiger partial charge in [0.05, 0.1) is 10.3 Å². The third-order valence-corrected chi connectivity index (χ3v) is 6.25. The van der Waals surface area contributed by atoms with Crippen LogP contribution in [-0.4, -0.2) is 63.0 Å². The molecular formula is C17H22N2O4S. The SMILES string of the molecule is CN1CCC[C@@]2(CCN(C(=O)c3ccc(S(C)(=O)=O)cc3)C2)C1=O. The van der Waals surface area contributed by atoms with Crippen molar-refractivity contribution in [1.29, 1.82) is 0 Å². The topological polar surface area (TPSA) is 74.8 Å². The number of rotatable bonds is 2. The quantitative estimate of drug-likeness (QED) is 0.803. The Kier molecular flexibility index (Phi) is 4.15. The molecule has 2 heterocycles. The Morgan fingerprint density at radius 1 is 1.12 bits per heavy atom. The van der Waals surface area contributed by atoms with Crippen LogP contribution in [0.15, 0.2) is 29.2 Å². The van der Waals surface area contributed by atoms with Crippen molar-refractivity contribution >= 4 is 21.7 Å². The van der Waals surface area contributed by atoms with E-state index in [0.29, 0.717) is 25.1 Å². The van der Waals surface area contributed by atoms with Crippen LogP contribution in [0.2, 0.25) is 0 Å². The highest BCUT2D eigenvalue weighted by atomic mass is 32.2. The predicted octanol–water partition coefficient (Wildman–Crippen LogP) is 1.17. The van der Waals surface area contributed by atoms with Gasteiger partial charge in [-0.3, -0.25) is 9.59 Å². The van der Waals surface area contributed by atoms with E-state index in [1.165, 1.54) is 12.1 Å². The molecule has 0 aliphatic carbocycles. The van der Waals surface area contributed by atoms with Gasteiger partial charge in [-0.25, -0.2) is 8.42 Å². The Bertz CT molecular complexity index is 772. The van der Waals surface area contributed by atoms with E-state index in [1.807, 2.05) is 7.05 Å². The maximum absolute atomic E-state index is 12.7. The van der Waals surface area contributed by atoms with E-state index in [4.69, 9.17) is 0 Å². The number of benzene rings is 1. The average molecular weight is 350 g/mol. The second kappa shape index (κ2) is 5.88. The molecule has 0 radical (unpaired) electrons. The molecule has 2 saturated heterocycles. The average Bonchev–Trinajstić information content (AvgIpc) is 2.96. The predicted molar refractivity (Wildman–Crippen MR) is 89.4 cm³/mol. The number of carbonyl (C=O) groups is 2. The molecular weight excluding hydrogens is 328 g/mol. The summed E-state index contributed by atoms with van der Waals surface area (Å²) in [5.41, 5.74) is 0.0195. The minimum Gasteiger partial charge on any atom is -0.345 e. The summed E-state index contributed by atoms with van der Waals surface area (Å²) in [6.07, 6.45) is 3.63. The van der Waals surface area contributed by atoms with Crippen molar-refractivity contribution in [2.24, 2.45) is 5.41 Å². The summed E-state index contributed by atoms with van der Waals surface area (Å²) >= 11 is 0. The zero-order valence-corrected chi connectivity index (χ0v) is 14.8. The van der Waals surface area contributed by atoms with Crippen molar-refractivity contribution in [3.8, 4) is 0 Å². The van der Waals surface area contributed by atoms with Crippen molar-refractivity contribution in [1.82, 2.24) is 9.80 Å². The van der Waals surface area contributed by atoms with Crippen molar-refractivity contribution in [3.05, 3.63) is 29.8 Å². The van der Waals surface area contributed by atoms with Gasteiger partial charge in [0.15, 0.2) is 9.84 Å². The van der Waals surface area contributed by atoms with Crippen LogP contribution in [0.5, 0.6) is 0 Å². The van der Waals surface area contributed by atoms with E-state index in [1.54, 1.807) is 21.9 Å². The highest BCUT2D eigenvalue weighted by Gasteiger charge is 2.48. The normalized spacial score (nSPS) is 24.7. The molecule has 1 atom stereocenters. The summed E-state index contributed by atoms with van der Waals surface area (Å²) < 4.78 is 23.0. The van der Waals surface area contributed by atoms with Gasteiger partial charge in [-0.1, -0.05) is 0 Å². The maximum atomic E-state index is 12.7. The maximum Gasteiger partial charge on any atom is 0.253 e. The van der Waals surface area contributed by atoms with Crippen LogP contribution in [0, 0.1) is 5.41 Å². The Morgan fingerprint density at radius 3 is 2.42 bits per heavy atom. The summed E-state index contributed by atoms with van der Waals surface area (Å²) in [7, 11) is -1.46. The number of hydrogen-bond donors (Lipinski definition) is 0. The molecule has 6 nitrogen and oxygen atoms in total. The first kappa shape index (κ1) is 17.0. The summed E-state index contributed by atoms with van der Waals surface area (Å²) in [6, 6.07) is 5.99. The number of sulfone groups is 1. The molecule has 7 heteroatoms. The van der Waals surface area contributed by atoms with E-state index in [9.17, 15) is 18.0 Å². The lowest BCUT2D eigenvalue weighted by molar-refractivity contribution is -0.143. The molecule has 0 bridgehead atoms. The molecule has 0 saturated carbocycles. The third-order valence-electron chi connectivity index (χ3n) is 5.12. The first-order chi connectivity index (χ1) is 11.2. The highest BCUT2D eigenvalue weighted by Crippen LogP contribution is 2.40. The lowest BCUT2D eigenvalue weighted by Crippen LogP contribution is -2.48. The summed E-state index contributed by atoms with van der Waals surface area (Å²) in [5, 5.41) is 0. The number of hydrogen-bond acceptors (Lipinski definition) is 4. The molecule has 0 unspecified atom stereocenters. The van der Waals surface area contributed by atoms with Crippen LogP contribution < -0.4 is 0 Å². The molecule has 130 valence electrons. The standard InChI is InChI=1S/C17H22N2O4S/c1-18-10-3-8-17(16(18)21)9-11-19(12-17)15(20)13-4-6-14(7-5-13)24(2,22)23/h4-7H,3,8-12H2,1-2H3/t17-/m0/s1. The van der Waals surface area contributed by atoms with E-state index in [-0.39, 0.29) is 16.7 Å². The second-order valence-electron chi connectivity index (χ2n) is 6.88. The molecule has 2 aliphatic rings. The first-order valence-corrected chi connectivity index (χ1v) is 9.97. The summed E-state index contributed by atoms with van der Waals surface area (Å²) in [5.74, 6) is -0.00979. The molecule has 2 fully saturated rings. The van der Waals surface area contributed by atoms with Gasteiger partial charge < -0.3 is 9.80 Å². The molecule has 1 aromatic carbocycles. The van der Waals surface area contributed by atoms with Gasteiger partial charge in [0.2, 0.25) is 5.91 Å². The fourth-order valence-electron chi connectivity index (χ4n) is 3.72. The van der Waals surface area contributed by atoms with Gasteiger partial charge in [0.25, 0.3) is 5.91 Å². The lowest BCUT2D eigenvalue weighted by Gasteiger charge is -2.37. The van der Waals surface area contributed by atoms with E-state index in [2.05, 4.69) is 0 Å². The van der Waals surface area contributed by atoms with E-state index in [0.717, 1.165) is 25.6 Å². The molecule has 3 rings (SSSR count). The number of piperidine rings is 1. The molecule has 2 aliphatic heterocycles. The third kappa shape index (κ3) is 2.92. The van der Waals surface area contributed by atoms with Crippen LogP contribution >= 0.6 is 0 Å². The Hall–Kier alpha value is -1.89. The van der Waals surface area contributed by atoms with Gasteiger partial charge in [-0.2, -0.15) is 0 Å². The summed E-state index contributed by atoms with van der Waals surface area (Å²) in [6.45, 7) is 1.79. The van der Waals surface area contributed by atoms with Crippen LogP contribution in [0.25, 0.3) is 0 Å². The Morgan fingerprint density at radius 2 is 1.79 bits per heavy atom. The highest BCUT2D eigenvalue weighted by molar-refractivity contribution is 7.90. The zero-order valence-electron chi connectivity index (χ0n) is 14.0. The number of amides is 2. The van der Waals surface area contributed by atoms with Crippen LogP contribution in [0.4, 0.5) is 0 Å². The number of carbonyl (C=O) groups excluding carboxylic acids is 2. The fraction of sp³-hybridized carbons (Fsp3) is 0.529. The van der Waals surface area contributed by atoms with Gasteiger partial charge in [0, 0.05) is 38.5 Å². The lowest BCUT2D eigenvalue weighted by atomic mass is 9.78. The molecule has 2 amide bonds. The Labute approximate surface area is 142 Å². The first-order valence-electron chi connectivity index (χ1n) is 8.08. The smallest absolute Gasteiger partial charge is 0.253 e. The molecule has 0 aromatic heterocycles. The van der Waals surface area contributed by atoms with E-state index < -0.39 is 15.3 Å². The fourth-order valence-corrected chi connectivity index (χ4v) is 4.35. The molecule has 1 aromatic rings. The largest absolute Gasteiger partial charge is 0.345 e. The number of likely N-dealkylation sites (tertiary alicyclic amines) is 2. The van der Waals surface area contributed by atoms with Gasteiger partial charge in [0.1, 0.15) is 0 Å². The number of nitrogens with zero attached hydrogens (tertiary/aromatic N) is 2. The summed E-state index contributed by atoms with van der Waals surface area (Å²) in [4.78, 5) is 28.9. The molecule has 24 heavy (non-hydrogen) atoms. The van der Waals surface area contributed by atoms with Crippen molar-refractivity contribution < 1.29 is 18.0 Å². The minimum atomic E-state index is -3.28. The van der Waals surface area contributed by atoms with Crippen molar-refractivity contribution in [3.63, 3.8) is 0 Å². The van der Waals surface area contributed by atoms with Crippen molar-refractivity contribution in [2.45, 2.75) is 24.2 Å². The van der Waals surface area contributed by atoms with Gasteiger partial charge in [-0.15, -0.1) is 0 Å². The van der Waals surface area contributed by atoms with E-state index >= 15 is 0 Å². The zero-order chi connectivity index (χ0) is 17.5. The van der Waals surface area contributed by atoms with Crippen LogP contribution in [0.1, 0.15) is 29.6 Å². The van der Waals surface area contributed by atoms with Gasteiger partial charge in [-0.05, 0) is 43.5 Å².